The number of hydrogen-bond acceptors (Lipinski definition) is 4. The first kappa shape index (κ1) is 16.2. The van der Waals surface area contributed by atoms with Gasteiger partial charge in [0.25, 0.3) is 10.0 Å². The van der Waals surface area contributed by atoms with Gasteiger partial charge >= 0.3 is 0 Å². The summed E-state index contributed by atoms with van der Waals surface area (Å²) in [5.74, 6) is 0.281. The van der Waals surface area contributed by atoms with Gasteiger partial charge in [0, 0.05) is 12.7 Å². The molecule has 0 aliphatic carbocycles. The number of aliphatic hydroxyl groups excluding tert-OH is 1. The summed E-state index contributed by atoms with van der Waals surface area (Å²) < 4.78 is 28.5. The summed E-state index contributed by atoms with van der Waals surface area (Å²) in [7, 11) is -3.85. The Labute approximate surface area is 128 Å². The zero-order chi connectivity index (χ0) is 15.6. The number of imidazole rings is 1. The van der Waals surface area contributed by atoms with Gasteiger partial charge < -0.3 is 5.11 Å². The van der Waals surface area contributed by atoms with Crippen LogP contribution in [0, 0.1) is 5.92 Å². The minimum absolute atomic E-state index is 0.0586. The Kier molecular flexibility index (Phi) is 4.88. The first-order valence-electron chi connectivity index (χ1n) is 6.61. The van der Waals surface area contributed by atoms with Gasteiger partial charge in [0.2, 0.25) is 0 Å². The van der Waals surface area contributed by atoms with Crippen LogP contribution in [0.4, 0.5) is 0 Å². The van der Waals surface area contributed by atoms with Crippen LogP contribution in [0.15, 0.2) is 29.4 Å². The molecule has 0 fully saturated rings. The van der Waals surface area contributed by atoms with Crippen molar-refractivity contribution in [2.24, 2.45) is 5.92 Å². The molecule has 0 amide bonds. The van der Waals surface area contributed by atoms with Gasteiger partial charge in [-0.2, -0.15) is 0 Å². The Balaban J connectivity index is 2.24. The van der Waals surface area contributed by atoms with E-state index in [0.29, 0.717) is 12.1 Å². The van der Waals surface area contributed by atoms with Crippen LogP contribution in [0.2, 0.25) is 5.15 Å². The van der Waals surface area contributed by atoms with Crippen molar-refractivity contribution in [1.82, 2.24) is 14.1 Å². The van der Waals surface area contributed by atoms with E-state index >= 15 is 0 Å². The molecule has 0 bridgehead atoms. The second kappa shape index (κ2) is 6.31. The van der Waals surface area contributed by atoms with Crippen LogP contribution in [0.5, 0.6) is 0 Å². The third-order valence-electron chi connectivity index (χ3n) is 2.95. The Morgan fingerprint density at radius 3 is 2.81 bits per heavy atom. The smallest absolute Gasteiger partial charge is 0.259 e. The van der Waals surface area contributed by atoms with Gasteiger partial charge in [-0.15, -0.1) is 0 Å². The lowest BCUT2D eigenvalue weighted by Crippen LogP contribution is -2.33. The van der Waals surface area contributed by atoms with Crippen molar-refractivity contribution in [2.45, 2.75) is 31.4 Å². The average molecular weight is 332 g/mol. The topological polar surface area (TPSA) is 83.7 Å². The molecule has 6 nitrogen and oxygen atoms in total. The third-order valence-corrected chi connectivity index (χ3v) is 4.77. The van der Waals surface area contributed by atoms with Gasteiger partial charge in [-0.05, 0) is 24.5 Å². The summed E-state index contributed by atoms with van der Waals surface area (Å²) >= 11 is 5.94. The van der Waals surface area contributed by atoms with Crippen molar-refractivity contribution in [3.8, 4) is 0 Å². The largest absolute Gasteiger partial charge is 0.392 e. The molecule has 2 aromatic heterocycles. The van der Waals surface area contributed by atoms with E-state index < -0.39 is 16.1 Å². The van der Waals surface area contributed by atoms with Crippen molar-refractivity contribution >= 4 is 27.3 Å². The van der Waals surface area contributed by atoms with Crippen molar-refractivity contribution in [1.29, 1.82) is 0 Å². The van der Waals surface area contributed by atoms with Gasteiger partial charge in [0.15, 0.2) is 10.2 Å². The number of nitrogens with one attached hydrogen (secondary N) is 1. The SMILES string of the molecule is CC(C)CC(O)CNS(=O)(=O)c1c(Cl)nc2ccccn12. The van der Waals surface area contributed by atoms with Gasteiger partial charge in [-0.3, -0.25) is 4.40 Å². The molecule has 2 rings (SSSR count). The number of aromatic nitrogens is 2. The monoisotopic (exact) mass is 331 g/mol. The van der Waals surface area contributed by atoms with E-state index in [1.165, 1.54) is 4.40 Å². The fourth-order valence-corrected chi connectivity index (χ4v) is 3.80. The molecule has 8 heteroatoms. The first-order chi connectivity index (χ1) is 9.81. The molecule has 2 heterocycles. The Morgan fingerprint density at radius 2 is 2.14 bits per heavy atom. The maximum atomic E-state index is 12.4. The molecule has 2 N–H and O–H groups in total. The molecular formula is C13H18ClN3O3S. The molecule has 0 aliphatic rings. The lowest BCUT2D eigenvalue weighted by atomic mass is 10.1. The van der Waals surface area contributed by atoms with Gasteiger partial charge in [-0.25, -0.2) is 18.1 Å². The summed E-state index contributed by atoms with van der Waals surface area (Å²) in [5.41, 5.74) is 0.450. The first-order valence-corrected chi connectivity index (χ1v) is 8.47. The molecule has 0 spiro atoms. The van der Waals surface area contributed by atoms with Crippen LogP contribution in [0.3, 0.4) is 0 Å². The molecule has 0 saturated carbocycles. The summed E-state index contributed by atoms with van der Waals surface area (Å²) in [5, 5.41) is 9.58. The number of hydrogen-bond donors (Lipinski definition) is 2. The third kappa shape index (κ3) is 3.74. The van der Waals surface area contributed by atoms with Crippen molar-refractivity contribution in [2.75, 3.05) is 6.54 Å². The fourth-order valence-electron chi connectivity index (χ4n) is 2.09. The van der Waals surface area contributed by atoms with E-state index in [2.05, 4.69) is 9.71 Å². The van der Waals surface area contributed by atoms with Crippen LogP contribution < -0.4 is 4.72 Å². The minimum atomic E-state index is -3.85. The second-order valence-corrected chi connectivity index (χ2v) is 7.31. The molecule has 21 heavy (non-hydrogen) atoms. The maximum Gasteiger partial charge on any atom is 0.259 e. The standard InChI is InChI=1S/C13H18ClN3O3S/c1-9(2)7-10(18)8-15-21(19,20)13-12(14)16-11-5-3-4-6-17(11)13/h3-6,9-10,15,18H,7-8H2,1-2H3. The fraction of sp³-hybridized carbons (Fsp3) is 0.462. The highest BCUT2D eigenvalue weighted by Gasteiger charge is 2.24. The number of sulfonamides is 1. The molecule has 2 aromatic rings. The normalized spacial score (nSPS) is 14.0. The average Bonchev–Trinajstić information content (AvgIpc) is 2.72. The number of nitrogens with zero attached hydrogens (tertiary/aromatic N) is 2. The van der Waals surface area contributed by atoms with Crippen molar-refractivity contribution in [3.63, 3.8) is 0 Å². The number of pyridine rings is 1. The summed E-state index contributed by atoms with van der Waals surface area (Å²) in [6, 6.07) is 5.10. The minimum Gasteiger partial charge on any atom is -0.392 e. The van der Waals surface area contributed by atoms with Gasteiger partial charge in [0.1, 0.15) is 5.65 Å². The second-order valence-electron chi connectivity index (χ2n) is 5.27. The lowest BCUT2D eigenvalue weighted by molar-refractivity contribution is 0.152. The Hall–Kier alpha value is -1.15. The van der Waals surface area contributed by atoms with Gasteiger partial charge in [0.05, 0.1) is 6.10 Å². The van der Waals surface area contributed by atoms with E-state index in [1.807, 2.05) is 13.8 Å². The maximum absolute atomic E-state index is 12.4. The van der Waals surface area contributed by atoms with E-state index in [1.54, 1.807) is 24.4 Å². The molecule has 0 aromatic carbocycles. The highest BCUT2D eigenvalue weighted by Crippen LogP contribution is 2.22. The molecular weight excluding hydrogens is 314 g/mol. The highest BCUT2D eigenvalue weighted by atomic mass is 35.5. The molecule has 116 valence electrons. The quantitative estimate of drug-likeness (QED) is 0.843. The molecule has 1 unspecified atom stereocenters. The van der Waals surface area contributed by atoms with E-state index in [0.717, 1.165) is 0 Å². The zero-order valence-corrected chi connectivity index (χ0v) is 13.4. The van der Waals surface area contributed by atoms with Crippen LogP contribution in [0.1, 0.15) is 20.3 Å². The summed E-state index contributed by atoms with van der Waals surface area (Å²) in [6.07, 6.45) is 1.36. The van der Waals surface area contributed by atoms with Crippen LogP contribution >= 0.6 is 11.6 Å². The molecule has 0 aliphatic heterocycles. The van der Waals surface area contributed by atoms with E-state index in [4.69, 9.17) is 11.6 Å². The number of aliphatic hydroxyl groups is 1. The predicted octanol–water partition coefficient (Wildman–Crippen LogP) is 1.67. The van der Waals surface area contributed by atoms with Crippen LogP contribution in [0.25, 0.3) is 5.65 Å². The van der Waals surface area contributed by atoms with Crippen LogP contribution in [-0.2, 0) is 10.0 Å². The van der Waals surface area contributed by atoms with E-state index in [-0.39, 0.29) is 22.6 Å². The number of fused-ring (bicyclic) bond motifs is 1. The van der Waals surface area contributed by atoms with Crippen LogP contribution in [-0.4, -0.2) is 35.6 Å². The summed E-state index contributed by atoms with van der Waals surface area (Å²) in [4.78, 5) is 4.00. The molecule has 0 saturated heterocycles. The van der Waals surface area contributed by atoms with E-state index in [9.17, 15) is 13.5 Å². The molecule has 0 radical (unpaired) electrons. The van der Waals surface area contributed by atoms with Crippen molar-refractivity contribution < 1.29 is 13.5 Å². The Bertz CT molecular complexity index is 727. The number of halogens is 1. The summed E-state index contributed by atoms with van der Waals surface area (Å²) in [6.45, 7) is 3.86. The Morgan fingerprint density at radius 1 is 1.43 bits per heavy atom. The number of rotatable bonds is 6. The molecule has 1 atom stereocenters. The van der Waals surface area contributed by atoms with Gasteiger partial charge in [-0.1, -0.05) is 31.5 Å². The highest BCUT2D eigenvalue weighted by molar-refractivity contribution is 7.89. The predicted molar refractivity (Wildman–Crippen MR) is 80.9 cm³/mol. The zero-order valence-electron chi connectivity index (χ0n) is 11.8. The lowest BCUT2D eigenvalue weighted by Gasteiger charge is -2.14. The van der Waals surface area contributed by atoms with Crippen molar-refractivity contribution in [3.05, 3.63) is 29.5 Å².